The van der Waals surface area contributed by atoms with Gasteiger partial charge in [0.05, 0.1) is 0 Å². The van der Waals surface area contributed by atoms with Crippen LogP contribution in [0.2, 0.25) is 0 Å². The topological polar surface area (TPSA) is 150 Å². The van der Waals surface area contributed by atoms with E-state index in [1.807, 2.05) is 0 Å². The Bertz CT molecular complexity index is 452. The standard InChI is InChI=1S/C5H6N2O.C4H6O6/c1-7-4-2-3-6-5(7)8;5-1(3(7)8)2(6)4(9)10/h2-4H,1H3;1-2,5-6H,(H,7,8)(H,9,10)/t;1-,2-/m.1/s1. The van der Waals surface area contributed by atoms with Gasteiger partial charge in [-0.15, -0.1) is 0 Å². The van der Waals surface area contributed by atoms with E-state index in [-0.39, 0.29) is 5.69 Å². The number of carboxylic acids is 2. The van der Waals surface area contributed by atoms with Crippen LogP contribution in [-0.2, 0) is 16.6 Å². The molecule has 0 bridgehead atoms. The van der Waals surface area contributed by atoms with Gasteiger partial charge in [0.1, 0.15) is 0 Å². The maximum atomic E-state index is 10.5. The maximum absolute atomic E-state index is 10.5. The minimum absolute atomic E-state index is 0.215. The minimum Gasteiger partial charge on any atom is -0.479 e. The summed E-state index contributed by atoms with van der Waals surface area (Å²) >= 11 is 0. The van der Waals surface area contributed by atoms with Crippen molar-refractivity contribution in [2.75, 3.05) is 0 Å². The number of hydrogen-bond acceptors (Lipinski definition) is 6. The van der Waals surface area contributed by atoms with Gasteiger partial charge in [-0.3, -0.25) is 0 Å². The molecule has 0 amide bonds. The van der Waals surface area contributed by atoms with E-state index >= 15 is 0 Å². The van der Waals surface area contributed by atoms with E-state index in [4.69, 9.17) is 20.4 Å². The van der Waals surface area contributed by atoms with Gasteiger partial charge in [-0.25, -0.2) is 19.4 Å². The summed E-state index contributed by atoms with van der Waals surface area (Å²) in [7, 11) is 1.66. The third-order valence-electron chi connectivity index (χ3n) is 1.69. The molecule has 0 aliphatic rings. The summed E-state index contributed by atoms with van der Waals surface area (Å²) in [5.74, 6) is -3.54. The summed E-state index contributed by atoms with van der Waals surface area (Å²) in [4.78, 5) is 33.5. The molecule has 9 heteroatoms. The lowest BCUT2D eigenvalue weighted by Crippen LogP contribution is -2.39. The van der Waals surface area contributed by atoms with E-state index in [1.54, 1.807) is 19.3 Å². The zero-order valence-corrected chi connectivity index (χ0v) is 9.29. The molecule has 0 spiro atoms. The Balaban J connectivity index is 0.000000327. The van der Waals surface area contributed by atoms with Gasteiger partial charge >= 0.3 is 17.6 Å². The number of aromatic nitrogens is 2. The Hall–Kier alpha value is -2.26. The first-order valence-electron chi connectivity index (χ1n) is 4.56. The summed E-state index contributed by atoms with van der Waals surface area (Å²) < 4.78 is 1.42. The third-order valence-corrected chi connectivity index (χ3v) is 1.69. The lowest BCUT2D eigenvalue weighted by molar-refractivity contribution is -0.165. The van der Waals surface area contributed by atoms with Crippen LogP contribution in [0.15, 0.2) is 23.3 Å². The second kappa shape index (κ2) is 7.14. The molecule has 0 radical (unpaired) electrons. The number of hydrogen-bond donors (Lipinski definition) is 4. The average Bonchev–Trinajstić information content (AvgIpc) is 2.31. The molecule has 4 N–H and O–H groups in total. The normalized spacial score (nSPS) is 12.8. The van der Waals surface area contributed by atoms with Crippen LogP contribution in [0.25, 0.3) is 0 Å². The van der Waals surface area contributed by atoms with Gasteiger partial charge in [0, 0.05) is 19.4 Å². The zero-order valence-electron chi connectivity index (χ0n) is 9.29. The largest absolute Gasteiger partial charge is 0.479 e. The van der Waals surface area contributed by atoms with Crippen molar-refractivity contribution in [3.8, 4) is 0 Å². The van der Waals surface area contributed by atoms with Crippen LogP contribution in [0.1, 0.15) is 0 Å². The van der Waals surface area contributed by atoms with Crippen molar-refractivity contribution in [1.82, 2.24) is 9.55 Å². The molecule has 100 valence electrons. The Kier molecular flexibility index (Phi) is 6.24. The average molecular weight is 260 g/mol. The summed E-state index contributed by atoms with van der Waals surface area (Å²) in [5.41, 5.74) is -0.215. The van der Waals surface area contributed by atoms with Crippen molar-refractivity contribution in [2.24, 2.45) is 7.05 Å². The number of aliphatic hydroxyl groups excluding tert-OH is 2. The molecule has 0 saturated heterocycles. The number of aryl methyl sites for hydroxylation is 1. The lowest BCUT2D eigenvalue weighted by atomic mass is 10.2. The third kappa shape index (κ3) is 5.18. The highest BCUT2D eigenvalue weighted by molar-refractivity contribution is 5.83. The van der Waals surface area contributed by atoms with Crippen molar-refractivity contribution in [2.45, 2.75) is 12.2 Å². The Morgan fingerprint density at radius 3 is 1.89 bits per heavy atom. The van der Waals surface area contributed by atoms with E-state index in [1.165, 1.54) is 10.8 Å². The van der Waals surface area contributed by atoms with Crippen LogP contribution in [0.3, 0.4) is 0 Å². The molecule has 9 nitrogen and oxygen atoms in total. The van der Waals surface area contributed by atoms with Gasteiger partial charge in [0.15, 0.2) is 12.2 Å². The fourth-order valence-electron chi connectivity index (χ4n) is 0.699. The van der Waals surface area contributed by atoms with E-state index in [0.29, 0.717) is 0 Å². The maximum Gasteiger partial charge on any atom is 0.347 e. The zero-order chi connectivity index (χ0) is 14.3. The second-order valence-corrected chi connectivity index (χ2v) is 3.08. The van der Waals surface area contributed by atoms with Crippen LogP contribution in [-0.4, -0.2) is 54.1 Å². The van der Waals surface area contributed by atoms with Crippen molar-refractivity contribution in [1.29, 1.82) is 0 Å². The predicted octanol–water partition coefficient (Wildman–Crippen LogP) is -2.34. The van der Waals surface area contributed by atoms with Crippen LogP contribution >= 0.6 is 0 Å². The predicted molar refractivity (Wildman–Crippen MR) is 56.8 cm³/mol. The number of aliphatic carboxylic acids is 2. The highest BCUT2D eigenvalue weighted by atomic mass is 16.4. The molecular formula is C9H12N2O7. The number of carbonyl (C=O) groups is 2. The molecule has 1 heterocycles. The second-order valence-electron chi connectivity index (χ2n) is 3.08. The van der Waals surface area contributed by atoms with E-state index < -0.39 is 24.1 Å². The van der Waals surface area contributed by atoms with Crippen LogP contribution < -0.4 is 5.69 Å². The molecule has 0 unspecified atom stereocenters. The summed E-state index contributed by atoms with van der Waals surface area (Å²) in [6.45, 7) is 0. The van der Waals surface area contributed by atoms with Crippen molar-refractivity contribution < 1.29 is 30.0 Å². The molecule has 1 aromatic heterocycles. The first-order chi connectivity index (χ1) is 8.27. The van der Waals surface area contributed by atoms with Crippen LogP contribution in [0, 0.1) is 0 Å². The first-order valence-corrected chi connectivity index (χ1v) is 4.56. The van der Waals surface area contributed by atoms with Crippen molar-refractivity contribution in [3.05, 3.63) is 28.9 Å². The monoisotopic (exact) mass is 260 g/mol. The van der Waals surface area contributed by atoms with Gasteiger partial charge in [-0.05, 0) is 6.07 Å². The molecule has 0 aromatic carbocycles. The Labute approximate surface area is 101 Å². The molecule has 1 rings (SSSR count). The van der Waals surface area contributed by atoms with Gasteiger partial charge in [-0.1, -0.05) is 0 Å². The van der Waals surface area contributed by atoms with E-state index in [2.05, 4.69) is 4.98 Å². The fourth-order valence-corrected chi connectivity index (χ4v) is 0.699. The van der Waals surface area contributed by atoms with Crippen molar-refractivity contribution in [3.63, 3.8) is 0 Å². The Morgan fingerprint density at radius 1 is 1.22 bits per heavy atom. The van der Waals surface area contributed by atoms with Crippen LogP contribution in [0.5, 0.6) is 0 Å². The van der Waals surface area contributed by atoms with Gasteiger partial charge in [0.25, 0.3) is 0 Å². The number of carboxylic acid groups (broad SMARTS) is 2. The number of aliphatic hydroxyl groups is 2. The molecule has 0 aliphatic heterocycles. The SMILES string of the molecule is Cn1cccnc1=O.O=C(O)[C@H](O)[C@@H](O)C(=O)O. The van der Waals surface area contributed by atoms with Gasteiger partial charge < -0.3 is 25.0 Å². The fraction of sp³-hybridized carbons (Fsp3) is 0.333. The molecule has 0 aliphatic carbocycles. The van der Waals surface area contributed by atoms with Gasteiger partial charge in [-0.2, -0.15) is 0 Å². The summed E-state index contributed by atoms with van der Waals surface area (Å²) in [6, 6.07) is 1.71. The number of rotatable bonds is 3. The molecule has 2 atom stereocenters. The highest BCUT2D eigenvalue weighted by Gasteiger charge is 2.29. The quantitative estimate of drug-likeness (QED) is 0.472. The summed E-state index contributed by atoms with van der Waals surface area (Å²) in [6.07, 6.45) is -1.40. The highest BCUT2D eigenvalue weighted by Crippen LogP contribution is 1.92. The smallest absolute Gasteiger partial charge is 0.347 e. The summed E-state index contributed by atoms with van der Waals surface area (Å²) in [5, 5.41) is 32.5. The minimum atomic E-state index is -2.27. The van der Waals surface area contributed by atoms with E-state index in [0.717, 1.165) is 0 Å². The lowest BCUT2D eigenvalue weighted by Gasteiger charge is -2.07. The molecular weight excluding hydrogens is 248 g/mol. The van der Waals surface area contributed by atoms with Crippen LogP contribution in [0.4, 0.5) is 0 Å². The number of nitrogens with zero attached hydrogens (tertiary/aromatic N) is 2. The molecule has 18 heavy (non-hydrogen) atoms. The Morgan fingerprint density at radius 2 is 1.67 bits per heavy atom. The molecule has 0 fully saturated rings. The van der Waals surface area contributed by atoms with Crippen molar-refractivity contribution >= 4 is 11.9 Å². The molecule has 1 aromatic rings. The first kappa shape index (κ1) is 15.7. The molecule has 0 saturated carbocycles. The van der Waals surface area contributed by atoms with E-state index in [9.17, 15) is 14.4 Å². The van der Waals surface area contributed by atoms with Gasteiger partial charge in [0.2, 0.25) is 0 Å².